The molecule has 0 spiro atoms. The number of nitrogens with one attached hydrogen (secondary N) is 1. The van der Waals surface area contributed by atoms with Gasteiger partial charge in [-0.25, -0.2) is 4.68 Å². The van der Waals surface area contributed by atoms with Crippen LogP contribution in [0.3, 0.4) is 0 Å². The monoisotopic (exact) mass is 467 g/mol. The molecule has 0 saturated heterocycles. The molecule has 0 aliphatic heterocycles. The van der Waals surface area contributed by atoms with E-state index >= 15 is 0 Å². The lowest BCUT2D eigenvalue weighted by molar-refractivity contribution is 0.0965. The van der Waals surface area contributed by atoms with Gasteiger partial charge in [0.25, 0.3) is 0 Å². The molecule has 0 radical (unpaired) electrons. The third-order valence-electron chi connectivity index (χ3n) is 5.81. The van der Waals surface area contributed by atoms with Gasteiger partial charge in [-0.3, -0.25) is 10.2 Å². The number of aromatic nitrogens is 4. The summed E-state index contributed by atoms with van der Waals surface area (Å²) < 4.78 is 14.6. The van der Waals surface area contributed by atoms with E-state index < -0.39 is 0 Å². The second kappa shape index (κ2) is 10.8. The number of nitrogens with zero attached hydrogens (tertiary/aromatic N) is 4. The first-order valence-corrected chi connectivity index (χ1v) is 12.2. The molecule has 0 amide bonds. The summed E-state index contributed by atoms with van der Waals surface area (Å²) in [6, 6.07) is 9.20. The van der Waals surface area contributed by atoms with Crippen molar-refractivity contribution in [1.82, 2.24) is 19.4 Å². The van der Waals surface area contributed by atoms with Crippen molar-refractivity contribution in [3.63, 3.8) is 0 Å². The molecule has 184 valence electrons. The molecule has 2 heterocycles. The van der Waals surface area contributed by atoms with Gasteiger partial charge in [0.1, 0.15) is 12.3 Å². The van der Waals surface area contributed by atoms with Crippen LogP contribution >= 0.6 is 0 Å². The number of hydrogen-bond donors (Lipinski definition) is 1. The summed E-state index contributed by atoms with van der Waals surface area (Å²) in [4.78, 5) is 13.2. The number of fused-ring (bicyclic) bond motifs is 1. The highest BCUT2D eigenvalue weighted by atomic mass is 16.5. The highest BCUT2D eigenvalue weighted by molar-refractivity contribution is 5.96. The molecule has 1 N–H and O–H groups in total. The number of carbonyl (C=O) groups excluding carboxylic acids is 1. The predicted octanol–water partition coefficient (Wildman–Crippen LogP) is 4.94. The number of hydrogen-bond acceptors (Lipinski definition) is 6. The van der Waals surface area contributed by atoms with Crippen LogP contribution < -0.4 is 15.1 Å². The van der Waals surface area contributed by atoms with Crippen molar-refractivity contribution in [3.05, 3.63) is 47.1 Å². The van der Waals surface area contributed by atoms with Crippen LogP contribution in [0.4, 0.5) is 0 Å². The van der Waals surface area contributed by atoms with Crippen molar-refractivity contribution < 1.29 is 14.3 Å². The first kappa shape index (κ1) is 25.5. The minimum Gasteiger partial charge on any atom is -0.494 e. The smallest absolute Gasteiger partial charge is 0.242 e. The molecule has 0 fully saturated rings. The minimum atomic E-state index is -0.137. The molecular weight excluding hydrogens is 430 g/mol. The first-order chi connectivity index (χ1) is 16.2. The molecule has 1 aromatic carbocycles. The van der Waals surface area contributed by atoms with Gasteiger partial charge in [0, 0.05) is 11.6 Å². The topological polar surface area (TPSA) is 94.5 Å². The summed E-state index contributed by atoms with van der Waals surface area (Å²) in [7, 11) is 0. The van der Waals surface area contributed by atoms with Crippen LogP contribution in [0.5, 0.6) is 11.6 Å². The van der Waals surface area contributed by atoms with E-state index in [0.717, 1.165) is 31.2 Å². The van der Waals surface area contributed by atoms with Crippen molar-refractivity contribution >= 4 is 11.4 Å². The van der Waals surface area contributed by atoms with Crippen molar-refractivity contribution in [2.75, 3.05) is 6.61 Å². The molecule has 0 aliphatic rings. The quantitative estimate of drug-likeness (QED) is 0.318. The summed E-state index contributed by atoms with van der Waals surface area (Å²) in [5, 5.41) is 17.3. The van der Waals surface area contributed by atoms with E-state index in [1.54, 1.807) is 18.2 Å². The van der Waals surface area contributed by atoms with Gasteiger partial charge in [-0.15, -0.1) is 10.2 Å². The van der Waals surface area contributed by atoms with Crippen LogP contribution in [0.15, 0.2) is 30.3 Å². The normalized spacial score (nSPS) is 11.9. The summed E-state index contributed by atoms with van der Waals surface area (Å²) in [5.41, 5.74) is 1.95. The number of rotatable bonds is 11. The number of ketones is 1. The number of benzene rings is 1. The Kier molecular flexibility index (Phi) is 8.12. The van der Waals surface area contributed by atoms with Crippen LogP contribution in [-0.2, 0) is 12.0 Å². The van der Waals surface area contributed by atoms with Gasteiger partial charge >= 0.3 is 0 Å². The van der Waals surface area contributed by atoms with Crippen molar-refractivity contribution in [2.45, 2.75) is 85.3 Å². The zero-order valence-corrected chi connectivity index (χ0v) is 21.2. The van der Waals surface area contributed by atoms with E-state index in [9.17, 15) is 4.79 Å². The van der Waals surface area contributed by atoms with E-state index in [-0.39, 0.29) is 29.5 Å². The van der Waals surface area contributed by atoms with E-state index in [0.29, 0.717) is 29.4 Å². The number of unbranched alkanes of at least 4 members (excludes halogenated alkanes) is 1. The van der Waals surface area contributed by atoms with Crippen molar-refractivity contribution in [2.24, 2.45) is 0 Å². The Hall–Kier alpha value is -3.16. The molecule has 3 aromatic rings. The van der Waals surface area contributed by atoms with Gasteiger partial charge in [0.05, 0.1) is 12.7 Å². The lowest BCUT2D eigenvalue weighted by Gasteiger charge is -2.21. The third-order valence-corrected chi connectivity index (χ3v) is 5.81. The van der Waals surface area contributed by atoms with E-state index in [2.05, 4.69) is 51.7 Å². The van der Waals surface area contributed by atoms with Crippen LogP contribution in [0.1, 0.15) is 83.1 Å². The Balaban J connectivity index is 1.88. The minimum absolute atomic E-state index is 0.0183. The standard InChI is InChI=1S/C26H37N5O3/c1-7-10-13-33-21-15-18(14-19(16-21)26(4,5)6)22(32)17-30-25(27)31-23(28-30)11-12-24(29-31)34-20(8-2)9-3/h11-12,14-16,20,27H,7-10,13,17H2,1-6H3. The fraction of sp³-hybridized carbons (Fsp3) is 0.538. The molecule has 2 aromatic heterocycles. The third kappa shape index (κ3) is 6.04. The lowest BCUT2D eigenvalue weighted by Crippen LogP contribution is -2.27. The Labute approximate surface area is 201 Å². The summed E-state index contributed by atoms with van der Waals surface area (Å²) in [5.74, 6) is 0.999. The van der Waals surface area contributed by atoms with E-state index in [4.69, 9.17) is 14.9 Å². The molecule has 8 nitrogen and oxygen atoms in total. The molecule has 0 atom stereocenters. The van der Waals surface area contributed by atoms with Gasteiger partial charge in [-0.05, 0) is 54.5 Å². The maximum absolute atomic E-state index is 13.2. The molecule has 8 heteroatoms. The zero-order chi connectivity index (χ0) is 24.9. The fourth-order valence-electron chi connectivity index (χ4n) is 3.55. The second-order valence-corrected chi connectivity index (χ2v) is 9.60. The molecule has 0 saturated carbocycles. The SMILES string of the molecule is CCCCOc1cc(C(=O)Cn2nc3ccc(OC(CC)CC)nn3c2=N)cc(C(C)(C)C)c1. The summed E-state index contributed by atoms with van der Waals surface area (Å²) in [6.45, 7) is 13.1. The summed E-state index contributed by atoms with van der Waals surface area (Å²) >= 11 is 0. The largest absolute Gasteiger partial charge is 0.494 e. The number of Topliss-reactive ketones (excluding diaryl/α,β-unsaturated/α-hetero) is 1. The van der Waals surface area contributed by atoms with E-state index in [1.165, 1.54) is 9.20 Å². The maximum Gasteiger partial charge on any atom is 0.242 e. The van der Waals surface area contributed by atoms with E-state index in [1.807, 2.05) is 12.1 Å². The number of ether oxygens (including phenoxy) is 2. The lowest BCUT2D eigenvalue weighted by atomic mass is 9.85. The van der Waals surface area contributed by atoms with Crippen LogP contribution in [0.25, 0.3) is 5.65 Å². The average Bonchev–Trinajstić information content (AvgIpc) is 3.11. The Bertz CT molecular complexity index is 1190. The molecule has 0 unspecified atom stereocenters. The Morgan fingerprint density at radius 2 is 1.82 bits per heavy atom. The molecule has 3 rings (SSSR count). The van der Waals surface area contributed by atoms with Gasteiger partial charge in [0.2, 0.25) is 11.5 Å². The Morgan fingerprint density at radius 3 is 2.47 bits per heavy atom. The zero-order valence-electron chi connectivity index (χ0n) is 21.2. The molecule has 0 bridgehead atoms. The maximum atomic E-state index is 13.2. The van der Waals surface area contributed by atoms with Gasteiger partial charge in [0.15, 0.2) is 11.4 Å². The van der Waals surface area contributed by atoms with Crippen molar-refractivity contribution in [3.8, 4) is 11.6 Å². The van der Waals surface area contributed by atoms with Gasteiger partial charge in [-0.2, -0.15) is 4.52 Å². The van der Waals surface area contributed by atoms with Crippen LogP contribution in [0.2, 0.25) is 0 Å². The molecule has 34 heavy (non-hydrogen) atoms. The predicted molar refractivity (Wildman–Crippen MR) is 132 cm³/mol. The average molecular weight is 468 g/mol. The fourth-order valence-corrected chi connectivity index (χ4v) is 3.55. The van der Waals surface area contributed by atoms with Gasteiger partial charge < -0.3 is 9.47 Å². The molecule has 0 aliphatic carbocycles. The molecular formula is C26H37N5O3. The Morgan fingerprint density at radius 1 is 1.09 bits per heavy atom. The first-order valence-electron chi connectivity index (χ1n) is 12.2. The van der Waals surface area contributed by atoms with Gasteiger partial charge in [-0.1, -0.05) is 48.0 Å². The summed E-state index contributed by atoms with van der Waals surface area (Å²) in [6.07, 6.45) is 3.82. The second-order valence-electron chi connectivity index (χ2n) is 9.60. The highest BCUT2D eigenvalue weighted by Crippen LogP contribution is 2.28. The van der Waals surface area contributed by atoms with Crippen LogP contribution in [-0.4, -0.2) is 37.9 Å². The number of carbonyl (C=O) groups is 1. The van der Waals surface area contributed by atoms with Crippen molar-refractivity contribution in [1.29, 1.82) is 5.41 Å². The van der Waals surface area contributed by atoms with Crippen LogP contribution in [0, 0.1) is 5.41 Å². The highest BCUT2D eigenvalue weighted by Gasteiger charge is 2.19.